The van der Waals surface area contributed by atoms with E-state index in [-0.39, 0.29) is 40.3 Å². The second-order valence-electron chi connectivity index (χ2n) is 13.4. The molecule has 6 heterocycles. The number of alkyl halides is 1. The molecule has 1 amide bonds. The number of hydrogen-bond acceptors (Lipinski definition) is 18. The van der Waals surface area contributed by atoms with Crippen LogP contribution in [0.3, 0.4) is 0 Å². The van der Waals surface area contributed by atoms with Gasteiger partial charge in [0.25, 0.3) is 11.5 Å². The fraction of sp³-hybridized carbons (Fsp3) is 0.429. The minimum absolute atomic E-state index is 0.00634. The molecule has 0 saturated carbocycles. The molecule has 5 aromatic rings. The standard InChI is InChI=1S/C35H38FN10O11PS/c1-45(2)16-41-35-42-23-19(33(50)44-35)14-59-29(23)28-27(26(52-3)20(12-47)55-28)57-58(51,53-11-7-10-37)54-13-21-25(48)22(36)34(56-21)46-17-40-24-30(38-15-39-31(24)46)43-32(49)18-8-5-4-6-9-18/h4-6,8-9,14-17,20-22,25-28,34,47-48H,7,11-13H2,1-3H3,(H,42,44,50)(H,38,39,43,49)/t20-,21-,22-,25-,26-,27-,28-,34-,58?/m1/s1. The van der Waals surface area contributed by atoms with Gasteiger partial charge in [0.05, 0.1) is 60.8 Å². The maximum absolute atomic E-state index is 15.9. The second kappa shape index (κ2) is 18.0. The van der Waals surface area contributed by atoms with Crippen LogP contribution in [0.2, 0.25) is 0 Å². The number of H-pyrrole nitrogens is 1. The van der Waals surface area contributed by atoms with Crippen LogP contribution in [-0.4, -0.2) is 135 Å². The number of aromatic nitrogens is 6. The molecular weight excluding hydrogens is 818 g/mol. The van der Waals surface area contributed by atoms with Crippen LogP contribution in [0, 0.1) is 11.3 Å². The normalized spacial score (nSPS) is 25.4. The molecule has 0 radical (unpaired) electrons. The largest absolute Gasteiger partial charge is 0.475 e. The van der Waals surface area contributed by atoms with Crippen molar-refractivity contribution in [3.63, 3.8) is 0 Å². The Labute approximate surface area is 338 Å². The van der Waals surface area contributed by atoms with Crippen molar-refractivity contribution >= 4 is 65.2 Å². The number of carbonyl (C=O) groups excluding carboxylic acids is 1. The first kappa shape index (κ1) is 42.0. The zero-order valence-corrected chi connectivity index (χ0v) is 33.2. The second-order valence-corrected chi connectivity index (χ2v) is 15.9. The first-order chi connectivity index (χ1) is 28.4. The fourth-order valence-corrected chi connectivity index (χ4v) is 8.87. The van der Waals surface area contributed by atoms with Crippen molar-refractivity contribution in [1.29, 1.82) is 5.26 Å². The van der Waals surface area contributed by atoms with Crippen molar-refractivity contribution in [2.24, 2.45) is 4.99 Å². The molecule has 312 valence electrons. The van der Waals surface area contributed by atoms with Crippen LogP contribution in [0.5, 0.6) is 0 Å². The molecule has 2 saturated heterocycles. The first-order valence-electron chi connectivity index (χ1n) is 17.9. The lowest BCUT2D eigenvalue weighted by atomic mass is 10.1. The summed E-state index contributed by atoms with van der Waals surface area (Å²) in [4.78, 5) is 51.6. The average molecular weight is 857 g/mol. The van der Waals surface area contributed by atoms with Gasteiger partial charge in [-0.3, -0.25) is 32.7 Å². The summed E-state index contributed by atoms with van der Waals surface area (Å²) < 4.78 is 66.5. The number of rotatable bonds is 16. The molecule has 4 aromatic heterocycles. The lowest BCUT2D eigenvalue weighted by molar-refractivity contribution is -0.0568. The first-order valence-corrected chi connectivity index (χ1v) is 20.3. The Bertz CT molecular complexity index is 2460. The van der Waals surface area contributed by atoms with Crippen molar-refractivity contribution in [3.8, 4) is 6.07 Å². The van der Waals surface area contributed by atoms with Crippen LogP contribution < -0.4 is 10.9 Å². The number of aromatic amines is 1. The number of anilines is 1. The number of carbonyl (C=O) groups is 1. The predicted octanol–water partition coefficient (Wildman–Crippen LogP) is 2.78. The van der Waals surface area contributed by atoms with Crippen molar-refractivity contribution in [2.75, 3.05) is 46.3 Å². The van der Waals surface area contributed by atoms with E-state index in [1.165, 1.54) is 24.3 Å². The smallest absolute Gasteiger partial charge is 0.394 e. The number of ether oxygens (including phenoxy) is 3. The molecule has 2 aliphatic rings. The third-order valence-electron chi connectivity index (χ3n) is 9.22. The summed E-state index contributed by atoms with van der Waals surface area (Å²) in [5.41, 5.74) is 0.262. The van der Waals surface area contributed by atoms with Crippen molar-refractivity contribution < 1.29 is 51.7 Å². The van der Waals surface area contributed by atoms with Crippen LogP contribution >= 0.6 is 19.2 Å². The number of aliphatic imine (C=N–C) groups is 1. The molecule has 9 atom stereocenters. The van der Waals surface area contributed by atoms with Crippen LogP contribution in [0.15, 0.2) is 58.2 Å². The maximum atomic E-state index is 15.9. The van der Waals surface area contributed by atoms with E-state index in [4.69, 9.17) is 27.8 Å². The molecule has 0 bridgehead atoms. The van der Waals surface area contributed by atoms with E-state index in [0.29, 0.717) is 10.4 Å². The number of nitriles is 1. The molecule has 4 N–H and O–H groups in total. The maximum Gasteiger partial charge on any atom is 0.475 e. The van der Waals surface area contributed by atoms with Gasteiger partial charge in [-0.2, -0.15) is 5.26 Å². The Morgan fingerprint density at radius 3 is 2.71 bits per heavy atom. The number of thiophene rings is 1. The van der Waals surface area contributed by atoms with Crippen LogP contribution in [0.1, 0.15) is 34.0 Å². The van der Waals surface area contributed by atoms with Crippen molar-refractivity contribution in [1.82, 2.24) is 34.4 Å². The molecular formula is C35H38FN10O11PS. The third-order valence-corrected chi connectivity index (χ3v) is 11.7. The average Bonchev–Trinajstić information content (AvgIpc) is 4.00. The predicted molar refractivity (Wildman–Crippen MR) is 207 cm³/mol. The van der Waals surface area contributed by atoms with Crippen LogP contribution in [-0.2, 0) is 32.3 Å². The Kier molecular flexibility index (Phi) is 12.8. The number of nitrogens with zero attached hydrogens (tertiary/aromatic N) is 8. The van der Waals surface area contributed by atoms with E-state index < -0.39 is 88.1 Å². The quantitative estimate of drug-likeness (QED) is 0.0481. The van der Waals surface area contributed by atoms with E-state index in [1.54, 1.807) is 54.7 Å². The summed E-state index contributed by atoms with van der Waals surface area (Å²) in [5.74, 6) is -0.424. The number of benzene rings is 1. The fourth-order valence-electron chi connectivity index (χ4n) is 6.44. The Morgan fingerprint density at radius 2 is 1.98 bits per heavy atom. The minimum atomic E-state index is -4.79. The van der Waals surface area contributed by atoms with Crippen molar-refractivity contribution in [3.05, 3.63) is 69.2 Å². The van der Waals surface area contributed by atoms with Gasteiger partial charge in [-0.05, 0) is 12.1 Å². The summed E-state index contributed by atoms with van der Waals surface area (Å²) in [6.07, 6.45) is -7.93. The topological polar surface area (TPSA) is 271 Å². The molecule has 7 rings (SSSR count). The van der Waals surface area contributed by atoms with Gasteiger partial charge in [0.2, 0.25) is 5.95 Å². The van der Waals surface area contributed by atoms with Gasteiger partial charge in [-0.25, -0.2) is 33.9 Å². The van der Waals surface area contributed by atoms with Gasteiger partial charge in [-0.1, -0.05) is 18.2 Å². The number of amides is 1. The monoisotopic (exact) mass is 856 g/mol. The van der Waals surface area contributed by atoms with Crippen molar-refractivity contribution in [2.45, 2.75) is 55.4 Å². The van der Waals surface area contributed by atoms with Gasteiger partial charge in [0.1, 0.15) is 43.0 Å². The SMILES string of the molecule is CO[C@H]1[C@@H](OP(=O)(OCCC#N)OC[C@H]2O[C@@H](n3cnc4c(NC(=O)c5ccccc5)ncnc43)[C@H](F)[C@@H]2O)[C@H](c2scc3c(=O)[nH]c(N=CN(C)C)nc23)O[C@@H]1CO. The highest BCUT2D eigenvalue weighted by Crippen LogP contribution is 2.56. The number of imidazole rings is 1. The highest BCUT2D eigenvalue weighted by molar-refractivity contribution is 7.48. The number of hydrogen-bond donors (Lipinski definition) is 4. The highest BCUT2D eigenvalue weighted by Gasteiger charge is 2.52. The van der Waals surface area contributed by atoms with Gasteiger partial charge < -0.3 is 34.6 Å². The molecule has 2 aliphatic heterocycles. The Balaban J connectivity index is 1.13. The Hall–Kier alpha value is -5.12. The van der Waals surface area contributed by atoms with Gasteiger partial charge in [0.15, 0.2) is 29.4 Å². The zero-order chi connectivity index (χ0) is 41.8. The summed E-state index contributed by atoms with van der Waals surface area (Å²) in [6.45, 7) is -1.72. The highest BCUT2D eigenvalue weighted by atomic mass is 32.1. The van der Waals surface area contributed by atoms with Crippen LogP contribution in [0.4, 0.5) is 16.2 Å². The summed E-state index contributed by atoms with van der Waals surface area (Å²) in [5, 5.41) is 34.8. The summed E-state index contributed by atoms with van der Waals surface area (Å²) in [7, 11) is 0.000361. The number of nitrogens with one attached hydrogen (secondary N) is 2. The van der Waals surface area contributed by atoms with E-state index in [2.05, 4.69) is 35.2 Å². The van der Waals surface area contributed by atoms with Crippen LogP contribution in [0.25, 0.3) is 22.1 Å². The molecule has 0 aliphatic carbocycles. The lowest BCUT2D eigenvalue weighted by Gasteiger charge is -2.27. The number of aliphatic hydroxyl groups excluding tert-OH is 2. The molecule has 59 heavy (non-hydrogen) atoms. The number of phosphoric acid groups is 1. The molecule has 21 nitrogen and oxygen atoms in total. The molecule has 1 aromatic carbocycles. The minimum Gasteiger partial charge on any atom is -0.394 e. The molecule has 2 fully saturated rings. The molecule has 1 unspecified atom stereocenters. The van der Waals surface area contributed by atoms with E-state index in [1.807, 2.05) is 6.07 Å². The molecule has 0 spiro atoms. The van der Waals surface area contributed by atoms with E-state index >= 15 is 4.39 Å². The Morgan fingerprint density at radius 1 is 1.19 bits per heavy atom. The van der Waals surface area contributed by atoms with Gasteiger partial charge in [-0.15, -0.1) is 11.3 Å². The number of phosphoric ester groups is 1. The summed E-state index contributed by atoms with van der Waals surface area (Å²) in [6, 6.07) is 10.2. The third kappa shape index (κ3) is 8.78. The van der Waals surface area contributed by atoms with Gasteiger partial charge >= 0.3 is 7.82 Å². The lowest BCUT2D eigenvalue weighted by Crippen LogP contribution is -2.36. The van der Waals surface area contributed by atoms with Gasteiger partial charge in [0, 0.05) is 32.1 Å². The number of methoxy groups -OCH3 is 1. The zero-order valence-electron chi connectivity index (χ0n) is 31.5. The number of aliphatic hydroxyl groups is 2. The number of halogens is 1. The van der Waals surface area contributed by atoms with E-state index in [9.17, 15) is 29.6 Å². The number of fused-ring (bicyclic) bond motifs is 2. The summed E-state index contributed by atoms with van der Waals surface area (Å²) >= 11 is 1.09. The molecule has 24 heteroatoms. The van der Waals surface area contributed by atoms with E-state index in [0.717, 1.165) is 17.7 Å².